The molecule has 0 saturated carbocycles. The smallest absolute Gasteiger partial charge is 0.0549 e. The first-order valence-corrected chi connectivity index (χ1v) is 6.24. The molecule has 2 saturated heterocycles. The minimum absolute atomic E-state index is 0.619. The molecule has 0 N–H and O–H groups in total. The number of aromatic nitrogens is 2. The van der Waals surface area contributed by atoms with Gasteiger partial charge in [0, 0.05) is 31.0 Å². The highest BCUT2D eigenvalue weighted by Gasteiger charge is 2.40. The molecular weight excluding hydrogens is 198 g/mol. The monoisotopic (exact) mass is 217 g/mol. The molecule has 3 heteroatoms. The second-order valence-corrected chi connectivity index (χ2v) is 4.98. The Morgan fingerprint density at radius 1 is 1.25 bits per heavy atom. The fourth-order valence-corrected chi connectivity index (χ4v) is 3.41. The van der Waals surface area contributed by atoms with Gasteiger partial charge in [0.15, 0.2) is 0 Å². The molecule has 0 radical (unpaired) electrons. The van der Waals surface area contributed by atoms with Crippen molar-refractivity contribution in [3.63, 3.8) is 0 Å². The van der Waals surface area contributed by atoms with E-state index in [9.17, 15) is 0 Å². The van der Waals surface area contributed by atoms with Crippen molar-refractivity contribution >= 4 is 0 Å². The first kappa shape index (κ1) is 10.1. The van der Waals surface area contributed by atoms with Crippen LogP contribution in [0.3, 0.4) is 0 Å². The van der Waals surface area contributed by atoms with Crippen LogP contribution >= 0.6 is 0 Å². The van der Waals surface area contributed by atoms with Crippen LogP contribution in [0.5, 0.6) is 0 Å². The maximum atomic E-state index is 4.39. The minimum atomic E-state index is 0.619. The molecule has 3 rings (SSSR count). The Labute approximate surface area is 96.7 Å². The van der Waals surface area contributed by atoms with Crippen LogP contribution in [0.25, 0.3) is 0 Å². The molecule has 16 heavy (non-hydrogen) atoms. The molecule has 0 aromatic carbocycles. The van der Waals surface area contributed by atoms with Crippen molar-refractivity contribution in [2.24, 2.45) is 0 Å². The molecule has 0 amide bonds. The van der Waals surface area contributed by atoms with Gasteiger partial charge in [-0.1, -0.05) is 6.08 Å². The van der Waals surface area contributed by atoms with Gasteiger partial charge >= 0.3 is 0 Å². The highest BCUT2D eigenvalue weighted by Crippen LogP contribution is 2.40. The van der Waals surface area contributed by atoms with E-state index in [0.717, 1.165) is 18.6 Å². The van der Waals surface area contributed by atoms with Crippen molar-refractivity contribution in [1.29, 1.82) is 0 Å². The maximum Gasteiger partial charge on any atom is 0.0549 e. The van der Waals surface area contributed by atoms with E-state index >= 15 is 0 Å². The molecule has 3 heterocycles. The van der Waals surface area contributed by atoms with Crippen LogP contribution in [-0.2, 0) is 0 Å². The fraction of sp³-hybridized carbons (Fsp3) is 0.615. The van der Waals surface area contributed by atoms with E-state index in [2.05, 4.69) is 27.5 Å². The molecule has 1 aromatic rings. The van der Waals surface area contributed by atoms with Gasteiger partial charge in [-0.3, -0.25) is 9.58 Å². The molecule has 1 aromatic heterocycles. The van der Waals surface area contributed by atoms with E-state index < -0.39 is 0 Å². The largest absolute Gasteiger partial charge is 0.294 e. The summed E-state index contributed by atoms with van der Waals surface area (Å²) in [4.78, 5) is 2.63. The predicted molar refractivity (Wildman–Crippen MR) is 64.2 cm³/mol. The number of hydrogen-bond donors (Lipinski definition) is 0. The summed E-state index contributed by atoms with van der Waals surface area (Å²) in [7, 11) is 0. The van der Waals surface area contributed by atoms with Gasteiger partial charge in [0.1, 0.15) is 0 Å². The third kappa shape index (κ3) is 1.59. The summed E-state index contributed by atoms with van der Waals surface area (Å²) < 4.78 is 2.15. The number of fused-ring (bicyclic) bond motifs is 2. The van der Waals surface area contributed by atoms with Crippen molar-refractivity contribution in [2.75, 3.05) is 6.54 Å². The van der Waals surface area contributed by atoms with Crippen LogP contribution in [0.2, 0.25) is 0 Å². The van der Waals surface area contributed by atoms with E-state index in [0.29, 0.717) is 6.04 Å². The van der Waals surface area contributed by atoms with Gasteiger partial charge in [0.25, 0.3) is 0 Å². The van der Waals surface area contributed by atoms with Gasteiger partial charge in [-0.15, -0.1) is 6.58 Å². The average molecular weight is 217 g/mol. The van der Waals surface area contributed by atoms with Crippen LogP contribution in [-0.4, -0.2) is 33.3 Å². The van der Waals surface area contributed by atoms with Gasteiger partial charge in [-0.25, -0.2) is 0 Å². The summed E-state index contributed by atoms with van der Waals surface area (Å²) in [5, 5.41) is 4.39. The van der Waals surface area contributed by atoms with Gasteiger partial charge in [-0.2, -0.15) is 5.10 Å². The Bertz CT molecular complexity index is 343. The lowest BCUT2D eigenvalue weighted by Crippen LogP contribution is -2.43. The van der Waals surface area contributed by atoms with Gasteiger partial charge in [0.2, 0.25) is 0 Å². The van der Waals surface area contributed by atoms with Crippen molar-refractivity contribution in [3.05, 3.63) is 31.1 Å². The number of nitrogens with zero attached hydrogens (tertiary/aromatic N) is 3. The lowest BCUT2D eigenvalue weighted by molar-refractivity contribution is 0.115. The van der Waals surface area contributed by atoms with Crippen LogP contribution < -0.4 is 0 Å². The minimum Gasteiger partial charge on any atom is -0.294 e. The lowest BCUT2D eigenvalue weighted by atomic mass is 9.97. The van der Waals surface area contributed by atoms with Crippen LogP contribution in [0.1, 0.15) is 31.7 Å². The Morgan fingerprint density at radius 2 is 2.00 bits per heavy atom. The standard InChI is InChI=1S/C13H19N3/c1-2-7-15-11-4-5-12(15)10-13(9-11)16-8-3-6-14-16/h2-3,6,8,11-13H,1,4-5,7,9-10H2. The Balaban J connectivity index is 1.75. The van der Waals surface area contributed by atoms with Crippen molar-refractivity contribution in [3.8, 4) is 0 Å². The summed E-state index contributed by atoms with van der Waals surface area (Å²) in [5.74, 6) is 0. The van der Waals surface area contributed by atoms with Crippen LogP contribution in [0.4, 0.5) is 0 Å². The molecular formula is C13H19N3. The van der Waals surface area contributed by atoms with Gasteiger partial charge in [0.05, 0.1) is 6.04 Å². The van der Waals surface area contributed by atoms with Gasteiger partial charge < -0.3 is 0 Å². The predicted octanol–water partition coefficient (Wildman–Crippen LogP) is 2.24. The second-order valence-electron chi connectivity index (χ2n) is 4.98. The number of rotatable bonds is 3. The lowest BCUT2D eigenvalue weighted by Gasteiger charge is -2.38. The third-order valence-corrected chi connectivity index (χ3v) is 4.10. The molecule has 2 atom stereocenters. The van der Waals surface area contributed by atoms with Crippen molar-refractivity contribution in [1.82, 2.24) is 14.7 Å². The Kier molecular flexibility index (Phi) is 2.56. The first-order valence-electron chi connectivity index (χ1n) is 6.24. The topological polar surface area (TPSA) is 21.1 Å². The van der Waals surface area contributed by atoms with Gasteiger partial charge in [-0.05, 0) is 31.7 Å². The summed E-state index contributed by atoms with van der Waals surface area (Å²) in [6.45, 7) is 4.92. The molecule has 86 valence electrons. The van der Waals surface area contributed by atoms with E-state index in [4.69, 9.17) is 0 Å². The average Bonchev–Trinajstić information content (AvgIpc) is 2.87. The second kappa shape index (κ2) is 4.06. The molecule has 2 fully saturated rings. The highest BCUT2D eigenvalue weighted by atomic mass is 15.3. The SMILES string of the molecule is C=CCN1C2CCC1CC(n1cccn1)C2. The van der Waals surface area contributed by atoms with E-state index in [-0.39, 0.29) is 0 Å². The quantitative estimate of drug-likeness (QED) is 0.724. The number of piperidine rings is 1. The normalized spacial score (nSPS) is 34.1. The van der Waals surface area contributed by atoms with E-state index in [1.165, 1.54) is 25.7 Å². The van der Waals surface area contributed by atoms with E-state index in [1.807, 2.05) is 18.3 Å². The molecule has 0 spiro atoms. The zero-order valence-corrected chi connectivity index (χ0v) is 9.63. The highest BCUT2D eigenvalue weighted by molar-refractivity contribution is 4.99. The summed E-state index contributed by atoms with van der Waals surface area (Å²) >= 11 is 0. The number of hydrogen-bond acceptors (Lipinski definition) is 2. The Morgan fingerprint density at radius 3 is 2.56 bits per heavy atom. The Hall–Kier alpha value is -1.09. The molecule has 0 aliphatic carbocycles. The third-order valence-electron chi connectivity index (χ3n) is 4.10. The van der Waals surface area contributed by atoms with Crippen molar-refractivity contribution in [2.45, 2.75) is 43.8 Å². The molecule has 2 aliphatic heterocycles. The van der Waals surface area contributed by atoms with Crippen molar-refractivity contribution < 1.29 is 0 Å². The van der Waals surface area contributed by atoms with E-state index in [1.54, 1.807) is 0 Å². The summed E-state index contributed by atoms with van der Waals surface area (Å²) in [5.41, 5.74) is 0. The zero-order valence-electron chi connectivity index (χ0n) is 9.63. The van der Waals surface area contributed by atoms with Crippen LogP contribution in [0.15, 0.2) is 31.1 Å². The molecule has 2 unspecified atom stereocenters. The summed E-state index contributed by atoms with van der Waals surface area (Å²) in [6, 6.07) is 4.16. The first-order chi connectivity index (χ1) is 7.88. The zero-order chi connectivity index (χ0) is 11.0. The molecule has 2 aliphatic rings. The molecule has 3 nitrogen and oxygen atoms in total. The summed E-state index contributed by atoms with van der Waals surface area (Å²) in [6.07, 6.45) is 11.3. The fourth-order valence-electron chi connectivity index (χ4n) is 3.41. The molecule has 2 bridgehead atoms. The van der Waals surface area contributed by atoms with Crippen LogP contribution in [0, 0.1) is 0 Å². The maximum absolute atomic E-state index is 4.39.